The lowest BCUT2D eigenvalue weighted by Gasteiger charge is -2.28. The van der Waals surface area contributed by atoms with Gasteiger partial charge in [-0.3, -0.25) is 4.79 Å². The number of rotatable bonds is 3. The van der Waals surface area contributed by atoms with Crippen molar-refractivity contribution in [3.05, 3.63) is 46.2 Å². The highest BCUT2D eigenvalue weighted by molar-refractivity contribution is 6.30. The van der Waals surface area contributed by atoms with Crippen molar-refractivity contribution in [2.24, 2.45) is 0 Å². The van der Waals surface area contributed by atoms with E-state index in [-0.39, 0.29) is 11.9 Å². The molecule has 0 unspecified atom stereocenters. The van der Waals surface area contributed by atoms with Crippen molar-refractivity contribution in [3.8, 4) is 11.3 Å². The van der Waals surface area contributed by atoms with E-state index in [9.17, 15) is 9.18 Å². The van der Waals surface area contributed by atoms with Crippen LogP contribution in [0.2, 0.25) is 5.02 Å². The molecule has 142 valence electrons. The van der Waals surface area contributed by atoms with Crippen LogP contribution in [0.3, 0.4) is 0 Å². The first kappa shape index (κ1) is 18.2. The summed E-state index contributed by atoms with van der Waals surface area (Å²) in [6.45, 7) is 6.97. The van der Waals surface area contributed by atoms with E-state index in [1.54, 1.807) is 17.0 Å². The summed E-state index contributed by atoms with van der Waals surface area (Å²) in [7, 11) is 0. The van der Waals surface area contributed by atoms with Crippen LogP contribution in [0.4, 0.5) is 10.2 Å². The quantitative estimate of drug-likeness (QED) is 0.802. The smallest absolute Gasteiger partial charge is 0.254 e. The van der Waals surface area contributed by atoms with Crippen LogP contribution in [-0.2, 0) is 11.3 Å². The van der Waals surface area contributed by atoms with Crippen LogP contribution in [0.1, 0.15) is 29.8 Å². The Bertz CT molecular complexity index is 897. The molecule has 2 aliphatic rings. The molecule has 2 aromatic rings. The molecule has 1 fully saturated rings. The fourth-order valence-corrected chi connectivity index (χ4v) is 3.74. The van der Waals surface area contributed by atoms with Gasteiger partial charge in [0.2, 0.25) is 0 Å². The van der Waals surface area contributed by atoms with Gasteiger partial charge in [0.1, 0.15) is 11.6 Å². The molecule has 27 heavy (non-hydrogen) atoms. The van der Waals surface area contributed by atoms with Crippen LogP contribution in [0.15, 0.2) is 24.3 Å². The molecule has 0 atom stereocenters. The zero-order valence-corrected chi connectivity index (χ0v) is 16.1. The lowest BCUT2D eigenvalue weighted by atomic mass is 10.0. The monoisotopic (exact) mass is 389 g/mol. The second kappa shape index (κ2) is 7.09. The van der Waals surface area contributed by atoms with Crippen molar-refractivity contribution in [3.63, 3.8) is 0 Å². The molecule has 0 bridgehead atoms. The van der Waals surface area contributed by atoms with Crippen LogP contribution in [-0.4, -0.2) is 48.1 Å². The lowest BCUT2D eigenvalue weighted by molar-refractivity contribution is 0.0731. The van der Waals surface area contributed by atoms with Gasteiger partial charge in [0, 0.05) is 41.8 Å². The van der Waals surface area contributed by atoms with Gasteiger partial charge in [-0.15, -0.1) is 0 Å². The van der Waals surface area contributed by atoms with Crippen LogP contribution in [0.25, 0.3) is 11.3 Å². The Labute approximate surface area is 162 Å². The SMILES string of the molecule is CC(C)N1Cc2c(cc(N3CCOCC3)nc2-c2ccc(Cl)cc2F)C1=O. The number of ether oxygens (including phenoxy) is 1. The van der Waals surface area contributed by atoms with Gasteiger partial charge in [0.05, 0.1) is 24.5 Å². The number of nitrogens with zero attached hydrogens (tertiary/aromatic N) is 3. The summed E-state index contributed by atoms with van der Waals surface area (Å²) in [6.07, 6.45) is 0. The molecule has 1 aromatic heterocycles. The third kappa shape index (κ3) is 3.28. The summed E-state index contributed by atoms with van der Waals surface area (Å²) in [5.41, 5.74) is 2.25. The average Bonchev–Trinajstić information content (AvgIpc) is 2.99. The number of amides is 1. The summed E-state index contributed by atoms with van der Waals surface area (Å²) < 4.78 is 20.1. The maximum atomic E-state index is 14.7. The number of halogens is 2. The topological polar surface area (TPSA) is 45.7 Å². The largest absolute Gasteiger partial charge is 0.378 e. The number of morpholine rings is 1. The lowest BCUT2D eigenvalue weighted by Crippen LogP contribution is -2.37. The predicted molar refractivity (Wildman–Crippen MR) is 103 cm³/mol. The molecular formula is C20H21ClFN3O2. The highest BCUT2D eigenvalue weighted by Gasteiger charge is 2.34. The van der Waals surface area contributed by atoms with Gasteiger partial charge in [-0.1, -0.05) is 11.6 Å². The van der Waals surface area contributed by atoms with E-state index >= 15 is 0 Å². The Morgan fingerprint density at radius 1 is 1.19 bits per heavy atom. The summed E-state index contributed by atoms with van der Waals surface area (Å²) in [5, 5.41) is 0.331. The van der Waals surface area contributed by atoms with Gasteiger partial charge in [0.15, 0.2) is 0 Å². The highest BCUT2D eigenvalue weighted by atomic mass is 35.5. The van der Waals surface area contributed by atoms with Gasteiger partial charge < -0.3 is 14.5 Å². The fourth-order valence-electron chi connectivity index (χ4n) is 3.58. The summed E-state index contributed by atoms with van der Waals surface area (Å²) in [5.74, 6) is 0.208. The minimum Gasteiger partial charge on any atom is -0.378 e. The minimum absolute atomic E-state index is 0.0347. The molecular weight excluding hydrogens is 369 g/mol. The number of anilines is 1. The van der Waals surface area contributed by atoms with E-state index in [0.29, 0.717) is 60.5 Å². The van der Waals surface area contributed by atoms with E-state index in [1.165, 1.54) is 6.07 Å². The first-order valence-electron chi connectivity index (χ1n) is 9.08. The number of hydrogen-bond donors (Lipinski definition) is 0. The summed E-state index contributed by atoms with van der Waals surface area (Å²) in [6, 6.07) is 6.45. The van der Waals surface area contributed by atoms with Gasteiger partial charge in [0.25, 0.3) is 5.91 Å². The van der Waals surface area contributed by atoms with Crippen molar-refractivity contribution in [1.29, 1.82) is 0 Å². The zero-order valence-electron chi connectivity index (χ0n) is 15.3. The van der Waals surface area contributed by atoms with Crippen molar-refractivity contribution < 1.29 is 13.9 Å². The van der Waals surface area contributed by atoms with Crippen molar-refractivity contribution in [2.45, 2.75) is 26.4 Å². The van der Waals surface area contributed by atoms with Crippen LogP contribution >= 0.6 is 11.6 Å². The first-order chi connectivity index (χ1) is 13.0. The molecule has 1 aromatic carbocycles. The Hall–Kier alpha value is -2.18. The van der Waals surface area contributed by atoms with E-state index in [2.05, 4.69) is 4.90 Å². The molecule has 1 amide bonds. The van der Waals surface area contributed by atoms with E-state index in [4.69, 9.17) is 21.3 Å². The minimum atomic E-state index is -0.438. The Balaban J connectivity index is 1.88. The molecule has 0 spiro atoms. The molecule has 5 nitrogen and oxygen atoms in total. The second-order valence-corrected chi connectivity index (χ2v) is 7.54. The number of carbonyl (C=O) groups excluding carboxylic acids is 1. The van der Waals surface area contributed by atoms with E-state index < -0.39 is 5.82 Å². The highest BCUT2D eigenvalue weighted by Crippen LogP contribution is 2.36. The van der Waals surface area contributed by atoms with Crippen molar-refractivity contribution in [1.82, 2.24) is 9.88 Å². The Morgan fingerprint density at radius 3 is 2.59 bits per heavy atom. The molecule has 0 aliphatic carbocycles. The number of hydrogen-bond acceptors (Lipinski definition) is 4. The second-order valence-electron chi connectivity index (χ2n) is 7.11. The van der Waals surface area contributed by atoms with Gasteiger partial charge in [-0.25, -0.2) is 9.37 Å². The zero-order chi connectivity index (χ0) is 19.1. The van der Waals surface area contributed by atoms with E-state index in [0.717, 1.165) is 5.56 Å². The standard InChI is InChI=1S/C20H21ClFN3O2/c1-12(2)25-11-16-15(20(25)26)10-18(24-5-7-27-8-6-24)23-19(16)14-4-3-13(21)9-17(14)22/h3-4,9-10,12H,5-8,11H2,1-2H3. The van der Waals surface area contributed by atoms with Crippen LogP contribution < -0.4 is 4.90 Å². The van der Waals surface area contributed by atoms with E-state index in [1.807, 2.05) is 19.9 Å². The molecule has 3 heterocycles. The van der Waals surface area contributed by atoms with Gasteiger partial charge >= 0.3 is 0 Å². The third-order valence-corrected chi connectivity index (χ3v) is 5.31. The predicted octanol–water partition coefficient (Wildman–Crippen LogP) is 3.74. The molecule has 0 N–H and O–H groups in total. The number of benzene rings is 1. The summed E-state index contributed by atoms with van der Waals surface area (Å²) in [4.78, 5) is 21.6. The number of carbonyl (C=O) groups is 1. The van der Waals surface area contributed by atoms with Gasteiger partial charge in [-0.05, 0) is 38.1 Å². The molecule has 2 aliphatic heterocycles. The van der Waals surface area contributed by atoms with Crippen LogP contribution in [0, 0.1) is 5.82 Å². The Morgan fingerprint density at radius 2 is 1.93 bits per heavy atom. The van der Waals surface area contributed by atoms with Crippen molar-refractivity contribution in [2.75, 3.05) is 31.2 Å². The maximum absolute atomic E-state index is 14.7. The first-order valence-corrected chi connectivity index (χ1v) is 9.46. The number of fused-ring (bicyclic) bond motifs is 1. The summed E-state index contributed by atoms with van der Waals surface area (Å²) >= 11 is 5.92. The average molecular weight is 390 g/mol. The molecule has 0 saturated carbocycles. The Kier molecular flexibility index (Phi) is 4.78. The molecule has 0 radical (unpaired) electrons. The fraction of sp³-hybridized carbons (Fsp3) is 0.400. The molecule has 1 saturated heterocycles. The number of pyridine rings is 1. The molecule has 7 heteroatoms. The van der Waals surface area contributed by atoms with Crippen LogP contribution in [0.5, 0.6) is 0 Å². The normalized spacial score (nSPS) is 17.0. The number of aromatic nitrogens is 1. The third-order valence-electron chi connectivity index (χ3n) is 5.08. The van der Waals surface area contributed by atoms with Gasteiger partial charge in [-0.2, -0.15) is 0 Å². The molecule has 4 rings (SSSR count). The maximum Gasteiger partial charge on any atom is 0.254 e. The van der Waals surface area contributed by atoms with Crippen molar-refractivity contribution >= 4 is 23.3 Å².